The van der Waals surface area contributed by atoms with Gasteiger partial charge in [0.25, 0.3) is 5.91 Å². The quantitative estimate of drug-likeness (QED) is 0.695. The van der Waals surface area contributed by atoms with Crippen molar-refractivity contribution in [3.63, 3.8) is 0 Å². The van der Waals surface area contributed by atoms with Crippen molar-refractivity contribution in [1.29, 1.82) is 0 Å². The summed E-state index contributed by atoms with van der Waals surface area (Å²) in [5.41, 5.74) is 10.8. The van der Waals surface area contributed by atoms with Crippen molar-refractivity contribution >= 4 is 24.0 Å². The molecule has 132 valence electrons. The number of anilines is 1. The molecule has 1 saturated carbocycles. The van der Waals surface area contributed by atoms with Crippen LogP contribution in [0.25, 0.3) is 11.1 Å². The first-order valence-corrected chi connectivity index (χ1v) is 8.53. The molecule has 4 rings (SSSR count). The van der Waals surface area contributed by atoms with E-state index in [0.29, 0.717) is 17.5 Å². The van der Waals surface area contributed by atoms with Crippen molar-refractivity contribution in [2.45, 2.75) is 18.4 Å². The Kier molecular flexibility index (Phi) is 5.40. The van der Waals surface area contributed by atoms with Crippen molar-refractivity contribution in [2.75, 3.05) is 5.32 Å². The smallest absolute Gasteiger partial charge is 0.255 e. The minimum Gasteiger partial charge on any atom is -0.327 e. The van der Waals surface area contributed by atoms with Crippen LogP contribution in [0.5, 0.6) is 0 Å². The van der Waals surface area contributed by atoms with Gasteiger partial charge in [0.1, 0.15) is 0 Å². The van der Waals surface area contributed by atoms with E-state index in [1.165, 1.54) is 5.56 Å². The lowest BCUT2D eigenvalue weighted by atomic mass is 10.0. The average Bonchev–Trinajstić information content (AvgIpc) is 3.40. The normalized spacial score (nSPS) is 17.9. The Morgan fingerprint density at radius 2 is 1.42 bits per heavy atom. The largest absolute Gasteiger partial charge is 0.327 e. The Bertz CT molecular complexity index is 876. The third-order valence-corrected chi connectivity index (χ3v) is 4.69. The van der Waals surface area contributed by atoms with Gasteiger partial charge >= 0.3 is 0 Å². The number of carbonyl (C=O) groups excluding carboxylic acids is 1. The predicted molar refractivity (Wildman–Crippen MR) is 109 cm³/mol. The molecular weight excluding hydrogens is 344 g/mol. The Labute approximate surface area is 159 Å². The number of hydrogen-bond donors (Lipinski definition) is 2. The second kappa shape index (κ2) is 7.73. The predicted octanol–water partition coefficient (Wildman–Crippen LogP) is 4.84. The number of benzene rings is 3. The number of rotatable bonds is 4. The zero-order valence-corrected chi connectivity index (χ0v) is 15.1. The zero-order chi connectivity index (χ0) is 17.2. The van der Waals surface area contributed by atoms with Gasteiger partial charge in [0.15, 0.2) is 0 Å². The molecule has 3 aromatic rings. The van der Waals surface area contributed by atoms with Gasteiger partial charge in [0.05, 0.1) is 0 Å². The molecule has 2 atom stereocenters. The molecule has 0 spiro atoms. The third kappa shape index (κ3) is 3.96. The van der Waals surface area contributed by atoms with Gasteiger partial charge in [0, 0.05) is 23.2 Å². The first kappa shape index (κ1) is 18.2. The standard InChI is InChI=1S/C22H20N2O.ClH/c23-21-14-20(21)17-10-12-19(13-11-17)24-22(25)18-8-6-16(7-9-18)15-4-2-1-3-5-15;/h1-13,20-21H,14,23H2,(H,24,25);1H. The first-order chi connectivity index (χ1) is 12.2. The molecular formula is C22H21ClN2O. The van der Waals surface area contributed by atoms with Gasteiger partial charge in [-0.3, -0.25) is 4.79 Å². The summed E-state index contributed by atoms with van der Waals surface area (Å²) in [4.78, 5) is 12.4. The highest BCUT2D eigenvalue weighted by Gasteiger charge is 2.34. The molecule has 2 unspecified atom stereocenters. The molecule has 0 saturated heterocycles. The fraction of sp³-hybridized carbons (Fsp3) is 0.136. The molecule has 26 heavy (non-hydrogen) atoms. The molecule has 1 amide bonds. The van der Waals surface area contributed by atoms with Gasteiger partial charge in [-0.2, -0.15) is 0 Å². The summed E-state index contributed by atoms with van der Waals surface area (Å²) in [6.07, 6.45) is 1.06. The monoisotopic (exact) mass is 364 g/mol. The SMILES string of the molecule is Cl.NC1CC1c1ccc(NC(=O)c2ccc(-c3ccccc3)cc2)cc1. The van der Waals surface area contributed by atoms with E-state index in [9.17, 15) is 4.79 Å². The summed E-state index contributed by atoms with van der Waals surface area (Å²) in [5, 5.41) is 2.95. The van der Waals surface area contributed by atoms with E-state index in [1.54, 1.807) is 0 Å². The molecule has 3 N–H and O–H groups in total. The molecule has 0 bridgehead atoms. The van der Waals surface area contributed by atoms with Crippen LogP contribution in [-0.2, 0) is 0 Å². The fourth-order valence-electron chi connectivity index (χ4n) is 3.06. The van der Waals surface area contributed by atoms with Gasteiger partial charge < -0.3 is 11.1 Å². The number of carbonyl (C=O) groups is 1. The highest BCUT2D eigenvalue weighted by atomic mass is 35.5. The molecule has 1 aliphatic carbocycles. The van der Waals surface area contributed by atoms with Crippen LogP contribution in [0.4, 0.5) is 5.69 Å². The van der Waals surface area contributed by atoms with Gasteiger partial charge in [-0.15, -0.1) is 12.4 Å². The summed E-state index contributed by atoms with van der Waals surface area (Å²) in [7, 11) is 0. The van der Waals surface area contributed by atoms with Crippen LogP contribution in [0.15, 0.2) is 78.9 Å². The van der Waals surface area contributed by atoms with E-state index >= 15 is 0 Å². The molecule has 1 aliphatic rings. The van der Waals surface area contributed by atoms with Gasteiger partial charge in [-0.1, -0.05) is 54.6 Å². The van der Waals surface area contributed by atoms with Gasteiger partial charge in [0.2, 0.25) is 0 Å². The number of amides is 1. The molecule has 1 fully saturated rings. The van der Waals surface area contributed by atoms with Crippen molar-refractivity contribution in [3.05, 3.63) is 90.0 Å². The molecule has 0 aromatic heterocycles. The second-order valence-electron chi connectivity index (χ2n) is 6.53. The Morgan fingerprint density at radius 3 is 2.00 bits per heavy atom. The minimum absolute atomic E-state index is 0. The van der Waals surface area contributed by atoms with Gasteiger partial charge in [-0.25, -0.2) is 0 Å². The Balaban J connectivity index is 0.00000196. The maximum absolute atomic E-state index is 12.4. The van der Waals surface area contributed by atoms with E-state index < -0.39 is 0 Å². The summed E-state index contributed by atoms with van der Waals surface area (Å²) in [6, 6.07) is 26.1. The van der Waals surface area contributed by atoms with E-state index in [1.807, 2.05) is 66.7 Å². The van der Waals surface area contributed by atoms with Crippen molar-refractivity contribution < 1.29 is 4.79 Å². The van der Waals surface area contributed by atoms with Gasteiger partial charge in [-0.05, 0) is 47.4 Å². The van der Waals surface area contributed by atoms with Crippen LogP contribution < -0.4 is 11.1 Å². The number of nitrogens with two attached hydrogens (primary N) is 1. The molecule has 0 aliphatic heterocycles. The number of hydrogen-bond acceptors (Lipinski definition) is 2. The highest BCUT2D eigenvalue weighted by molar-refractivity contribution is 6.04. The lowest BCUT2D eigenvalue weighted by Crippen LogP contribution is -2.11. The Morgan fingerprint density at radius 1 is 0.846 bits per heavy atom. The number of halogens is 1. The summed E-state index contributed by atoms with van der Waals surface area (Å²) in [6.45, 7) is 0. The topological polar surface area (TPSA) is 55.1 Å². The van der Waals surface area contributed by atoms with E-state index in [-0.39, 0.29) is 18.3 Å². The lowest BCUT2D eigenvalue weighted by Gasteiger charge is -2.08. The summed E-state index contributed by atoms with van der Waals surface area (Å²) in [5.74, 6) is 0.380. The fourth-order valence-corrected chi connectivity index (χ4v) is 3.06. The molecule has 3 nitrogen and oxygen atoms in total. The van der Waals surface area contributed by atoms with Crippen molar-refractivity contribution in [1.82, 2.24) is 0 Å². The molecule has 4 heteroatoms. The molecule has 3 aromatic carbocycles. The number of nitrogens with one attached hydrogen (secondary N) is 1. The van der Waals surface area contributed by atoms with Crippen LogP contribution in [0.2, 0.25) is 0 Å². The van der Waals surface area contributed by atoms with Crippen LogP contribution >= 0.6 is 12.4 Å². The zero-order valence-electron chi connectivity index (χ0n) is 14.3. The second-order valence-corrected chi connectivity index (χ2v) is 6.53. The van der Waals surface area contributed by atoms with E-state index in [2.05, 4.69) is 17.4 Å². The van der Waals surface area contributed by atoms with Crippen LogP contribution in [-0.4, -0.2) is 11.9 Å². The molecule has 0 heterocycles. The Hall–Kier alpha value is -2.62. The van der Waals surface area contributed by atoms with Crippen molar-refractivity contribution in [2.24, 2.45) is 5.73 Å². The van der Waals surface area contributed by atoms with Crippen molar-refractivity contribution in [3.8, 4) is 11.1 Å². The third-order valence-electron chi connectivity index (χ3n) is 4.69. The maximum Gasteiger partial charge on any atom is 0.255 e. The van der Waals surface area contributed by atoms with E-state index in [0.717, 1.165) is 23.2 Å². The van der Waals surface area contributed by atoms with E-state index in [4.69, 9.17) is 5.73 Å². The summed E-state index contributed by atoms with van der Waals surface area (Å²) >= 11 is 0. The average molecular weight is 365 g/mol. The maximum atomic E-state index is 12.4. The van der Waals surface area contributed by atoms with Crippen LogP contribution in [0, 0.1) is 0 Å². The molecule has 0 radical (unpaired) electrons. The minimum atomic E-state index is -0.101. The van der Waals surface area contributed by atoms with Crippen LogP contribution in [0.1, 0.15) is 28.3 Å². The highest BCUT2D eigenvalue weighted by Crippen LogP contribution is 2.39. The lowest BCUT2D eigenvalue weighted by molar-refractivity contribution is 0.102. The van der Waals surface area contributed by atoms with Crippen LogP contribution in [0.3, 0.4) is 0 Å². The first-order valence-electron chi connectivity index (χ1n) is 8.53. The summed E-state index contributed by atoms with van der Waals surface area (Å²) < 4.78 is 0.